The highest BCUT2D eigenvalue weighted by atomic mass is 14.9. The van der Waals surface area contributed by atoms with Gasteiger partial charge in [-0.15, -0.1) is 0 Å². The van der Waals surface area contributed by atoms with Crippen LogP contribution in [0, 0.1) is 11.3 Å². The van der Waals surface area contributed by atoms with E-state index in [1.807, 2.05) is 29.0 Å². The van der Waals surface area contributed by atoms with Crippen LogP contribution in [0.5, 0.6) is 0 Å². The molecule has 0 saturated carbocycles. The van der Waals surface area contributed by atoms with Gasteiger partial charge in [0.15, 0.2) is 0 Å². The van der Waals surface area contributed by atoms with Gasteiger partial charge in [-0.05, 0) is 24.1 Å². The van der Waals surface area contributed by atoms with Crippen LogP contribution >= 0.6 is 0 Å². The standard InChI is InChI=1S/C15H18N4/c1-2-4-14(17)12-6-8-19(10-12)11-13-5-3-7-18-15(13)9-16/h3,5-8,10,14H,2,4,11,17H2,1H3. The molecule has 0 radical (unpaired) electrons. The summed E-state index contributed by atoms with van der Waals surface area (Å²) in [6.07, 6.45) is 7.75. The Morgan fingerprint density at radius 1 is 1.47 bits per heavy atom. The number of pyridine rings is 1. The Bertz CT molecular complexity index is 580. The minimum atomic E-state index is 0.0931. The van der Waals surface area contributed by atoms with Crippen molar-refractivity contribution in [2.24, 2.45) is 5.73 Å². The molecular weight excluding hydrogens is 236 g/mol. The molecule has 2 aromatic rings. The van der Waals surface area contributed by atoms with Crippen molar-refractivity contribution >= 4 is 0 Å². The molecular formula is C15H18N4. The Labute approximate surface area is 113 Å². The Balaban J connectivity index is 2.14. The average Bonchev–Trinajstić information content (AvgIpc) is 2.88. The lowest BCUT2D eigenvalue weighted by Crippen LogP contribution is -2.09. The van der Waals surface area contributed by atoms with Crippen molar-refractivity contribution in [1.82, 2.24) is 9.55 Å². The molecule has 4 heteroatoms. The highest BCUT2D eigenvalue weighted by Crippen LogP contribution is 2.17. The van der Waals surface area contributed by atoms with Crippen LogP contribution in [-0.2, 0) is 6.54 Å². The number of hydrogen-bond donors (Lipinski definition) is 1. The van der Waals surface area contributed by atoms with Crippen molar-refractivity contribution in [2.75, 3.05) is 0 Å². The smallest absolute Gasteiger partial charge is 0.145 e. The summed E-state index contributed by atoms with van der Waals surface area (Å²) in [4.78, 5) is 4.07. The average molecular weight is 254 g/mol. The summed E-state index contributed by atoms with van der Waals surface area (Å²) in [6.45, 7) is 2.78. The molecule has 0 aromatic carbocycles. The first-order valence-electron chi connectivity index (χ1n) is 6.49. The molecule has 2 aromatic heterocycles. The molecule has 98 valence electrons. The molecule has 19 heavy (non-hydrogen) atoms. The van der Waals surface area contributed by atoms with Crippen molar-refractivity contribution in [3.63, 3.8) is 0 Å². The summed E-state index contributed by atoms with van der Waals surface area (Å²) < 4.78 is 2.04. The van der Waals surface area contributed by atoms with Gasteiger partial charge in [-0.25, -0.2) is 4.98 Å². The Hall–Kier alpha value is -2.12. The molecule has 1 atom stereocenters. The predicted octanol–water partition coefficient (Wildman–Crippen LogP) is 2.60. The van der Waals surface area contributed by atoms with E-state index in [0.717, 1.165) is 24.0 Å². The zero-order chi connectivity index (χ0) is 13.7. The molecule has 2 N–H and O–H groups in total. The number of nitrogens with two attached hydrogens (primary N) is 1. The maximum absolute atomic E-state index is 9.02. The number of nitriles is 1. The van der Waals surface area contributed by atoms with E-state index in [2.05, 4.69) is 24.2 Å². The second-order valence-corrected chi connectivity index (χ2v) is 4.64. The number of aromatic nitrogens is 2. The first kappa shape index (κ1) is 13.3. The van der Waals surface area contributed by atoms with Gasteiger partial charge in [0.1, 0.15) is 11.8 Å². The number of rotatable bonds is 5. The second kappa shape index (κ2) is 6.17. The topological polar surface area (TPSA) is 67.6 Å². The van der Waals surface area contributed by atoms with Crippen LogP contribution in [0.3, 0.4) is 0 Å². The lowest BCUT2D eigenvalue weighted by atomic mass is 10.1. The van der Waals surface area contributed by atoms with E-state index < -0.39 is 0 Å². The number of nitrogens with zero attached hydrogens (tertiary/aromatic N) is 3. The molecule has 0 fully saturated rings. The van der Waals surface area contributed by atoms with E-state index in [0.29, 0.717) is 12.2 Å². The van der Waals surface area contributed by atoms with Crippen LogP contribution in [0.4, 0.5) is 0 Å². The van der Waals surface area contributed by atoms with Crippen LogP contribution in [0.15, 0.2) is 36.8 Å². The van der Waals surface area contributed by atoms with Crippen molar-refractivity contribution in [1.29, 1.82) is 5.26 Å². The minimum absolute atomic E-state index is 0.0931. The van der Waals surface area contributed by atoms with Crippen LogP contribution in [-0.4, -0.2) is 9.55 Å². The van der Waals surface area contributed by atoms with Gasteiger partial charge < -0.3 is 10.3 Å². The van der Waals surface area contributed by atoms with E-state index >= 15 is 0 Å². The quantitative estimate of drug-likeness (QED) is 0.891. The molecule has 0 aliphatic heterocycles. The van der Waals surface area contributed by atoms with E-state index in [-0.39, 0.29) is 6.04 Å². The second-order valence-electron chi connectivity index (χ2n) is 4.64. The van der Waals surface area contributed by atoms with Gasteiger partial charge in [-0.1, -0.05) is 19.4 Å². The van der Waals surface area contributed by atoms with Crippen molar-refractivity contribution < 1.29 is 0 Å². The first-order valence-corrected chi connectivity index (χ1v) is 6.49. The molecule has 0 amide bonds. The molecule has 2 rings (SSSR count). The highest BCUT2D eigenvalue weighted by molar-refractivity contribution is 5.31. The fourth-order valence-corrected chi connectivity index (χ4v) is 2.12. The highest BCUT2D eigenvalue weighted by Gasteiger charge is 2.08. The Morgan fingerprint density at radius 3 is 3.05 bits per heavy atom. The zero-order valence-electron chi connectivity index (χ0n) is 11.1. The van der Waals surface area contributed by atoms with Crippen molar-refractivity contribution in [2.45, 2.75) is 32.4 Å². The first-order chi connectivity index (χ1) is 9.24. The van der Waals surface area contributed by atoms with E-state index in [1.165, 1.54) is 0 Å². The fourth-order valence-electron chi connectivity index (χ4n) is 2.12. The van der Waals surface area contributed by atoms with Crippen LogP contribution in [0.25, 0.3) is 0 Å². The molecule has 0 spiro atoms. The van der Waals surface area contributed by atoms with Crippen molar-refractivity contribution in [3.05, 3.63) is 53.6 Å². The maximum atomic E-state index is 9.02. The summed E-state index contributed by atoms with van der Waals surface area (Å²) in [5.41, 5.74) is 8.64. The van der Waals surface area contributed by atoms with Gasteiger partial charge in [0.2, 0.25) is 0 Å². The summed E-state index contributed by atoms with van der Waals surface area (Å²) in [6, 6.07) is 8.03. The van der Waals surface area contributed by atoms with Gasteiger partial charge in [-0.2, -0.15) is 5.26 Å². The molecule has 0 bridgehead atoms. The van der Waals surface area contributed by atoms with Crippen molar-refractivity contribution in [3.8, 4) is 6.07 Å². The normalized spacial score (nSPS) is 12.1. The van der Waals surface area contributed by atoms with Gasteiger partial charge in [0.25, 0.3) is 0 Å². The largest absolute Gasteiger partial charge is 0.349 e. The fraction of sp³-hybridized carbons (Fsp3) is 0.333. The monoisotopic (exact) mass is 254 g/mol. The van der Waals surface area contributed by atoms with Crippen LogP contribution in [0.1, 0.15) is 42.6 Å². The summed E-state index contributed by atoms with van der Waals surface area (Å²) in [7, 11) is 0. The lowest BCUT2D eigenvalue weighted by Gasteiger charge is -2.08. The zero-order valence-corrected chi connectivity index (χ0v) is 11.1. The third-order valence-electron chi connectivity index (χ3n) is 3.15. The van der Waals surface area contributed by atoms with E-state index in [9.17, 15) is 0 Å². The molecule has 0 aliphatic rings. The third-order valence-corrected chi connectivity index (χ3v) is 3.15. The maximum Gasteiger partial charge on any atom is 0.145 e. The van der Waals surface area contributed by atoms with E-state index in [4.69, 9.17) is 11.0 Å². The van der Waals surface area contributed by atoms with Gasteiger partial charge in [0.05, 0.1) is 0 Å². The SMILES string of the molecule is CCCC(N)c1ccn(Cc2cccnc2C#N)c1. The summed E-state index contributed by atoms with van der Waals surface area (Å²) in [5.74, 6) is 0. The minimum Gasteiger partial charge on any atom is -0.349 e. The van der Waals surface area contributed by atoms with Crippen LogP contribution in [0.2, 0.25) is 0 Å². The van der Waals surface area contributed by atoms with E-state index in [1.54, 1.807) is 6.20 Å². The third kappa shape index (κ3) is 3.21. The molecule has 4 nitrogen and oxygen atoms in total. The molecule has 2 heterocycles. The van der Waals surface area contributed by atoms with Gasteiger partial charge >= 0.3 is 0 Å². The molecule has 0 saturated heterocycles. The van der Waals surface area contributed by atoms with Gasteiger partial charge in [0, 0.05) is 36.7 Å². The Morgan fingerprint density at radius 2 is 2.32 bits per heavy atom. The molecule has 0 aliphatic carbocycles. The molecule has 1 unspecified atom stereocenters. The predicted molar refractivity (Wildman–Crippen MR) is 74.3 cm³/mol. The summed E-state index contributed by atoms with van der Waals surface area (Å²) >= 11 is 0. The summed E-state index contributed by atoms with van der Waals surface area (Å²) in [5, 5.41) is 9.02. The van der Waals surface area contributed by atoms with Crippen LogP contribution < -0.4 is 5.73 Å². The number of hydrogen-bond acceptors (Lipinski definition) is 3. The Kier molecular flexibility index (Phi) is 4.32. The lowest BCUT2D eigenvalue weighted by molar-refractivity contribution is 0.636. The van der Waals surface area contributed by atoms with Gasteiger partial charge in [-0.3, -0.25) is 0 Å².